The van der Waals surface area contributed by atoms with Crippen LogP contribution in [-0.4, -0.2) is 50.9 Å². The highest BCUT2D eigenvalue weighted by Crippen LogP contribution is 2.22. The summed E-state index contributed by atoms with van der Waals surface area (Å²) in [5, 5.41) is 0.511. The molecule has 1 atom stereocenters. The Morgan fingerprint density at radius 1 is 1.38 bits per heavy atom. The summed E-state index contributed by atoms with van der Waals surface area (Å²) in [5.41, 5.74) is 0.556. The largest absolute Gasteiger partial charge is 0.342 e. The number of piperidine rings is 1. The van der Waals surface area contributed by atoms with Crippen LogP contribution in [0.1, 0.15) is 29.6 Å². The van der Waals surface area contributed by atoms with Crippen molar-refractivity contribution in [3.63, 3.8) is 0 Å². The van der Waals surface area contributed by atoms with Gasteiger partial charge in [0.2, 0.25) is 15.9 Å². The van der Waals surface area contributed by atoms with Crippen molar-refractivity contribution in [3.8, 4) is 0 Å². The maximum absolute atomic E-state index is 12.6. The number of hydrogen-bond acceptors (Lipinski definition) is 4. The third-order valence-electron chi connectivity index (χ3n) is 3.96. The molecule has 0 bridgehead atoms. The number of nitrogens with zero attached hydrogens (tertiary/aromatic N) is 1. The van der Waals surface area contributed by atoms with Crippen molar-refractivity contribution in [2.24, 2.45) is 5.92 Å². The monoisotopic (exact) mass is 372 g/mol. The Bertz CT molecular complexity index is 721. The number of halogens is 1. The molecule has 8 heteroatoms. The molecule has 1 saturated heterocycles. The lowest BCUT2D eigenvalue weighted by Gasteiger charge is -2.32. The van der Waals surface area contributed by atoms with E-state index in [1.807, 2.05) is 0 Å². The van der Waals surface area contributed by atoms with Crippen molar-refractivity contribution < 1.29 is 18.0 Å². The van der Waals surface area contributed by atoms with Gasteiger partial charge in [0, 0.05) is 42.6 Å². The second-order valence-corrected chi connectivity index (χ2v) is 8.24. The molecular formula is C16H21ClN2O4S. The van der Waals surface area contributed by atoms with Gasteiger partial charge in [-0.15, -0.1) is 0 Å². The van der Waals surface area contributed by atoms with Gasteiger partial charge in [-0.05, 0) is 25.0 Å². The Labute approximate surface area is 147 Å². The molecule has 0 aromatic heterocycles. The lowest BCUT2D eigenvalue weighted by Crippen LogP contribution is -2.43. The zero-order valence-corrected chi connectivity index (χ0v) is 15.1. The molecule has 0 radical (unpaired) electrons. The van der Waals surface area contributed by atoms with Crippen LogP contribution in [0.25, 0.3) is 0 Å². The van der Waals surface area contributed by atoms with Crippen molar-refractivity contribution in [2.45, 2.75) is 19.3 Å². The molecule has 1 aromatic rings. The van der Waals surface area contributed by atoms with E-state index in [4.69, 9.17) is 11.6 Å². The predicted molar refractivity (Wildman–Crippen MR) is 92.6 cm³/mol. The molecule has 6 nitrogen and oxygen atoms in total. The number of nitrogens with one attached hydrogen (secondary N) is 1. The summed E-state index contributed by atoms with van der Waals surface area (Å²) in [4.78, 5) is 26.4. The lowest BCUT2D eigenvalue weighted by molar-refractivity contribution is -0.132. The number of hydrogen-bond donors (Lipinski definition) is 1. The highest BCUT2D eigenvalue weighted by molar-refractivity contribution is 7.88. The Morgan fingerprint density at radius 3 is 2.79 bits per heavy atom. The van der Waals surface area contributed by atoms with Crippen LogP contribution in [0.2, 0.25) is 5.02 Å². The summed E-state index contributed by atoms with van der Waals surface area (Å²) < 4.78 is 24.3. The van der Waals surface area contributed by atoms with Crippen LogP contribution in [0.15, 0.2) is 24.3 Å². The van der Waals surface area contributed by atoms with E-state index < -0.39 is 10.0 Å². The molecule has 132 valence electrons. The fraction of sp³-hybridized carbons (Fsp3) is 0.500. The molecule has 1 N–H and O–H groups in total. The zero-order chi connectivity index (χ0) is 17.7. The Kier molecular flexibility index (Phi) is 6.37. The molecule has 1 aliphatic heterocycles. The highest BCUT2D eigenvalue weighted by Gasteiger charge is 2.28. The minimum absolute atomic E-state index is 0.00994. The van der Waals surface area contributed by atoms with Crippen LogP contribution in [-0.2, 0) is 14.8 Å². The molecule has 1 aliphatic rings. The first-order valence-corrected chi connectivity index (χ1v) is 10.1. The molecule has 2 rings (SSSR count). The second kappa shape index (κ2) is 8.09. The standard InChI is InChI=1S/C16H21ClN2O4S/c1-24(22,23)18-8-7-15(20)19-9-3-5-13(11-19)16(21)12-4-2-6-14(17)10-12/h2,4,6,10,13,18H,3,5,7-9,11H2,1H3. The molecule has 0 saturated carbocycles. The van der Waals surface area contributed by atoms with Crippen molar-refractivity contribution in [2.75, 3.05) is 25.9 Å². The summed E-state index contributed by atoms with van der Waals surface area (Å²) in [6.07, 6.45) is 2.63. The topological polar surface area (TPSA) is 83.6 Å². The van der Waals surface area contributed by atoms with Crippen LogP contribution in [0.5, 0.6) is 0 Å². The number of carbonyl (C=O) groups excluding carboxylic acids is 2. The third-order valence-corrected chi connectivity index (χ3v) is 4.92. The van der Waals surface area contributed by atoms with Crippen LogP contribution >= 0.6 is 11.6 Å². The number of amides is 1. The second-order valence-electron chi connectivity index (χ2n) is 5.97. The average molecular weight is 373 g/mol. The normalized spacial score (nSPS) is 18.4. The van der Waals surface area contributed by atoms with Gasteiger partial charge in [-0.3, -0.25) is 9.59 Å². The quantitative estimate of drug-likeness (QED) is 0.770. The summed E-state index contributed by atoms with van der Waals surface area (Å²) in [5.74, 6) is -0.400. The van der Waals surface area contributed by atoms with E-state index >= 15 is 0 Å². The number of ketones is 1. The Hall–Kier alpha value is -1.44. The van der Waals surface area contributed by atoms with Gasteiger partial charge in [-0.25, -0.2) is 13.1 Å². The highest BCUT2D eigenvalue weighted by atomic mass is 35.5. The van der Waals surface area contributed by atoms with Gasteiger partial charge in [-0.1, -0.05) is 23.7 Å². The Morgan fingerprint density at radius 2 is 2.12 bits per heavy atom. The zero-order valence-electron chi connectivity index (χ0n) is 13.5. The summed E-state index contributed by atoms with van der Waals surface area (Å²) >= 11 is 5.93. The van der Waals surface area contributed by atoms with Gasteiger partial charge < -0.3 is 4.90 Å². The molecule has 0 aliphatic carbocycles. The number of Topliss-reactive ketones (excluding diaryl/α,β-unsaturated/α-hetero) is 1. The van der Waals surface area contributed by atoms with Gasteiger partial charge in [-0.2, -0.15) is 0 Å². The molecule has 0 spiro atoms. The minimum atomic E-state index is -3.30. The number of carbonyl (C=O) groups is 2. The first-order valence-electron chi connectivity index (χ1n) is 7.78. The van der Waals surface area contributed by atoms with Crippen molar-refractivity contribution in [1.82, 2.24) is 9.62 Å². The molecule has 1 unspecified atom stereocenters. The van der Waals surface area contributed by atoms with E-state index in [9.17, 15) is 18.0 Å². The summed E-state index contributed by atoms with van der Waals surface area (Å²) in [6, 6.07) is 6.81. The average Bonchev–Trinajstić information content (AvgIpc) is 2.53. The van der Waals surface area contributed by atoms with Crippen LogP contribution in [0.4, 0.5) is 0 Å². The van der Waals surface area contributed by atoms with Crippen molar-refractivity contribution in [1.29, 1.82) is 0 Å². The SMILES string of the molecule is CS(=O)(=O)NCCC(=O)N1CCCC(C(=O)c2cccc(Cl)c2)C1. The molecule has 1 heterocycles. The van der Waals surface area contributed by atoms with Crippen LogP contribution in [0.3, 0.4) is 0 Å². The lowest BCUT2D eigenvalue weighted by atomic mass is 9.90. The number of benzene rings is 1. The van der Waals surface area contributed by atoms with E-state index in [1.54, 1.807) is 29.2 Å². The number of rotatable bonds is 6. The van der Waals surface area contributed by atoms with Crippen LogP contribution < -0.4 is 4.72 Å². The van der Waals surface area contributed by atoms with Crippen molar-refractivity contribution >= 4 is 33.3 Å². The van der Waals surface area contributed by atoms with Gasteiger partial charge in [0.05, 0.1) is 6.26 Å². The van der Waals surface area contributed by atoms with Crippen LogP contribution in [0, 0.1) is 5.92 Å². The smallest absolute Gasteiger partial charge is 0.223 e. The van der Waals surface area contributed by atoms with E-state index in [-0.39, 0.29) is 30.6 Å². The van der Waals surface area contributed by atoms with E-state index in [0.717, 1.165) is 19.1 Å². The number of likely N-dealkylation sites (tertiary alicyclic amines) is 1. The van der Waals surface area contributed by atoms with Gasteiger partial charge in [0.15, 0.2) is 5.78 Å². The van der Waals surface area contributed by atoms with Gasteiger partial charge in [0.25, 0.3) is 0 Å². The molecule has 1 amide bonds. The Balaban J connectivity index is 1.93. The number of sulfonamides is 1. The predicted octanol–water partition coefficient (Wildman–Crippen LogP) is 1.70. The summed E-state index contributed by atoms with van der Waals surface area (Å²) in [7, 11) is -3.30. The maximum atomic E-state index is 12.6. The van der Waals surface area contributed by atoms with Crippen molar-refractivity contribution in [3.05, 3.63) is 34.9 Å². The fourth-order valence-corrected chi connectivity index (χ4v) is 3.46. The maximum Gasteiger partial charge on any atom is 0.223 e. The molecular weight excluding hydrogens is 352 g/mol. The third kappa shape index (κ3) is 5.58. The van der Waals surface area contributed by atoms with Gasteiger partial charge >= 0.3 is 0 Å². The van der Waals surface area contributed by atoms with Gasteiger partial charge in [0.1, 0.15) is 0 Å². The molecule has 1 fully saturated rings. The minimum Gasteiger partial charge on any atom is -0.342 e. The molecule has 1 aromatic carbocycles. The first kappa shape index (κ1) is 18.9. The van der Waals surface area contributed by atoms with E-state index in [1.165, 1.54) is 0 Å². The molecule has 24 heavy (non-hydrogen) atoms. The summed E-state index contributed by atoms with van der Waals surface area (Å²) in [6.45, 7) is 1.03. The van der Waals surface area contributed by atoms with E-state index in [0.29, 0.717) is 23.7 Å². The first-order chi connectivity index (χ1) is 11.3. The fourth-order valence-electron chi connectivity index (χ4n) is 2.80. The van der Waals surface area contributed by atoms with E-state index in [2.05, 4.69) is 4.72 Å².